The van der Waals surface area contributed by atoms with Crippen LogP contribution >= 0.6 is 23.2 Å². The van der Waals surface area contributed by atoms with Crippen LogP contribution in [0.1, 0.15) is 60.3 Å². The summed E-state index contributed by atoms with van der Waals surface area (Å²) in [6.07, 6.45) is 2.09. The number of ether oxygens (including phenoxy) is 1. The lowest BCUT2D eigenvalue weighted by Crippen LogP contribution is -2.50. The Bertz CT molecular complexity index is 1690. The van der Waals surface area contributed by atoms with Crippen LogP contribution in [0.2, 0.25) is 10.0 Å². The molecule has 47 heavy (non-hydrogen) atoms. The predicted molar refractivity (Wildman–Crippen MR) is 176 cm³/mol. The van der Waals surface area contributed by atoms with Gasteiger partial charge in [-0.3, -0.25) is 14.9 Å². The molecule has 1 aromatic heterocycles. The average Bonchev–Trinajstić information content (AvgIpc) is 3.38. The van der Waals surface area contributed by atoms with Gasteiger partial charge in [0, 0.05) is 6.20 Å². The highest BCUT2D eigenvalue weighted by Crippen LogP contribution is 2.32. The highest BCUT2D eigenvalue weighted by molar-refractivity contribution is 6.41. The normalized spacial score (nSPS) is 14.3. The Hall–Kier alpha value is -4.88. The van der Waals surface area contributed by atoms with Crippen molar-refractivity contribution in [3.63, 3.8) is 0 Å². The summed E-state index contributed by atoms with van der Waals surface area (Å²) in [5, 5.41) is 22.2. The first-order valence-corrected chi connectivity index (χ1v) is 15.3. The number of anilines is 2. The number of aliphatic carboxylic acids is 1. The van der Waals surface area contributed by atoms with Gasteiger partial charge in [-0.05, 0) is 74.6 Å². The Morgan fingerprint density at radius 1 is 1.04 bits per heavy atom. The van der Waals surface area contributed by atoms with Crippen molar-refractivity contribution in [2.24, 2.45) is 0 Å². The third-order valence-electron chi connectivity index (χ3n) is 6.92. The van der Waals surface area contributed by atoms with Crippen molar-refractivity contribution in [1.29, 1.82) is 0 Å². The van der Waals surface area contributed by atoms with Gasteiger partial charge in [0.25, 0.3) is 5.91 Å². The average molecular weight is 686 g/mol. The molecule has 0 radical (unpaired) electrons. The van der Waals surface area contributed by atoms with Crippen molar-refractivity contribution in [3.05, 3.63) is 87.0 Å². The molecule has 1 aliphatic carbocycles. The van der Waals surface area contributed by atoms with Crippen LogP contribution in [0, 0.1) is 0 Å². The lowest BCUT2D eigenvalue weighted by atomic mass is 10.1. The second-order valence-corrected chi connectivity index (χ2v) is 12.5. The molecule has 4 rings (SSSR count). The van der Waals surface area contributed by atoms with Crippen molar-refractivity contribution in [2.45, 2.75) is 57.7 Å². The maximum Gasteiger partial charge on any atom is 0.413 e. The van der Waals surface area contributed by atoms with Crippen molar-refractivity contribution < 1.29 is 33.8 Å². The number of pyridine rings is 1. The van der Waals surface area contributed by atoms with E-state index in [1.165, 1.54) is 24.4 Å². The number of hydrogen-bond acceptors (Lipinski definition) is 7. The van der Waals surface area contributed by atoms with Crippen molar-refractivity contribution >= 4 is 64.6 Å². The number of carboxylic acid groups (broad SMARTS) is 1. The second kappa shape index (κ2) is 15.1. The topological polar surface area (TPSA) is 188 Å². The highest BCUT2D eigenvalue weighted by Gasteiger charge is 2.27. The van der Waals surface area contributed by atoms with Gasteiger partial charge in [0.05, 0.1) is 40.3 Å². The zero-order chi connectivity index (χ0) is 34.3. The van der Waals surface area contributed by atoms with Crippen LogP contribution < -0.4 is 26.6 Å². The number of halogens is 2. The Kier molecular flexibility index (Phi) is 11.3. The van der Waals surface area contributed by atoms with Crippen molar-refractivity contribution in [2.75, 3.05) is 17.2 Å². The summed E-state index contributed by atoms with van der Waals surface area (Å²) >= 11 is 12.7. The number of nitrogens with one attached hydrogen (secondary N) is 5. The maximum absolute atomic E-state index is 13.2. The molecule has 0 aliphatic heterocycles. The molecule has 0 spiro atoms. The fourth-order valence-corrected chi connectivity index (χ4v) is 5.43. The number of carbonyl (C=O) groups excluding carboxylic acids is 4. The van der Waals surface area contributed by atoms with E-state index in [-0.39, 0.29) is 39.6 Å². The lowest BCUT2D eigenvalue weighted by molar-refractivity contribution is -0.139. The van der Waals surface area contributed by atoms with Gasteiger partial charge in [0.1, 0.15) is 17.5 Å². The number of amides is 5. The minimum Gasteiger partial charge on any atom is -0.480 e. The Balaban J connectivity index is 1.36. The number of rotatable bonds is 10. The monoisotopic (exact) mass is 684 g/mol. The van der Waals surface area contributed by atoms with E-state index in [1.807, 2.05) is 24.3 Å². The SMILES string of the molecule is CC(C)(C)OC(=O)Nc1cc(CC(=O)Nc2ccc(Cl)c(C(=O)N[C@@H](CNC(=O)N[C@@H]3CCc4ccccc43)C(=O)O)c2Cl)ccn1. The number of aryl methyl sites for hydroxylation is 1. The Morgan fingerprint density at radius 2 is 1.79 bits per heavy atom. The number of carbonyl (C=O) groups is 5. The molecule has 13 nitrogen and oxygen atoms in total. The summed E-state index contributed by atoms with van der Waals surface area (Å²) in [7, 11) is 0. The highest BCUT2D eigenvalue weighted by atomic mass is 35.5. The maximum atomic E-state index is 13.2. The molecule has 3 aromatic rings. The summed E-state index contributed by atoms with van der Waals surface area (Å²) in [5.74, 6) is -2.67. The van der Waals surface area contributed by atoms with E-state index in [0.717, 1.165) is 17.5 Å². The summed E-state index contributed by atoms with van der Waals surface area (Å²) < 4.78 is 5.21. The number of nitrogens with zero attached hydrogens (tertiary/aromatic N) is 1. The third kappa shape index (κ3) is 9.80. The van der Waals surface area contributed by atoms with E-state index in [2.05, 4.69) is 31.6 Å². The molecule has 15 heteroatoms. The molecule has 0 saturated carbocycles. The Labute approximate surface area is 280 Å². The summed E-state index contributed by atoms with van der Waals surface area (Å²) in [6.45, 7) is 4.73. The molecule has 0 saturated heterocycles. The van der Waals surface area contributed by atoms with E-state index in [0.29, 0.717) is 12.0 Å². The first-order valence-electron chi connectivity index (χ1n) is 14.6. The van der Waals surface area contributed by atoms with Crippen LogP contribution in [-0.4, -0.2) is 58.2 Å². The van der Waals surface area contributed by atoms with E-state index < -0.39 is 48.1 Å². The zero-order valence-electron chi connectivity index (χ0n) is 25.8. The van der Waals surface area contributed by atoms with Crippen LogP contribution in [-0.2, 0) is 27.2 Å². The van der Waals surface area contributed by atoms with Crippen molar-refractivity contribution in [1.82, 2.24) is 20.9 Å². The quantitative estimate of drug-likeness (QED) is 0.170. The first-order chi connectivity index (χ1) is 22.2. The summed E-state index contributed by atoms with van der Waals surface area (Å²) in [4.78, 5) is 66.6. The van der Waals surface area contributed by atoms with E-state index in [1.54, 1.807) is 26.8 Å². The van der Waals surface area contributed by atoms with Crippen LogP contribution in [0.3, 0.4) is 0 Å². The van der Waals surface area contributed by atoms with E-state index >= 15 is 0 Å². The van der Waals surface area contributed by atoms with Gasteiger partial charge >= 0.3 is 18.1 Å². The number of fused-ring (bicyclic) bond motifs is 1. The molecule has 1 heterocycles. The fraction of sp³-hybridized carbons (Fsp3) is 0.312. The third-order valence-corrected chi connectivity index (χ3v) is 7.63. The van der Waals surface area contributed by atoms with Gasteiger partial charge in [-0.1, -0.05) is 47.5 Å². The predicted octanol–water partition coefficient (Wildman–Crippen LogP) is 5.09. The molecule has 0 bridgehead atoms. The standard InChI is InChI=1S/C32H34Cl2N6O7/c1-32(2,3)47-31(46)40-24-14-17(12-13-35-24)15-25(41)37-22-11-9-20(33)26(27(22)34)28(42)38-23(29(43)44)16-36-30(45)39-21-10-8-18-6-4-5-7-19(18)21/h4-7,9,11-14,21,23H,8,10,15-16H2,1-3H3,(H,37,41)(H,38,42)(H,43,44)(H,35,40,46)(H2,36,39,45)/t21-,23+/m1/s1. The van der Waals surface area contributed by atoms with Gasteiger partial charge in [-0.15, -0.1) is 0 Å². The lowest BCUT2D eigenvalue weighted by Gasteiger charge is -2.19. The van der Waals surface area contributed by atoms with Crippen LogP contribution in [0.4, 0.5) is 21.1 Å². The van der Waals surface area contributed by atoms with Crippen molar-refractivity contribution in [3.8, 4) is 0 Å². The summed E-state index contributed by atoms with van der Waals surface area (Å²) in [6, 6.07) is 11.2. The second-order valence-electron chi connectivity index (χ2n) is 11.7. The Morgan fingerprint density at radius 3 is 2.51 bits per heavy atom. The fourth-order valence-electron chi connectivity index (χ4n) is 4.84. The first kappa shape index (κ1) is 35.0. The number of benzene rings is 2. The molecule has 248 valence electrons. The van der Waals surface area contributed by atoms with E-state index in [9.17, 15) is 29.1 Å². The van der Waals surface area contributed by atoms with Crippen LogP contribution in [0.5, 0.6) is 0 Å². The number of urea groups is 1. The molecule has 5 amide bonds. The minimum absolute atomic E-state index is 0.0496. The molecular weight excluding hydrogens is 651 g/mol. The zero-order valence-corrected chi connectivity index (χ0v) is 27.3. The minimum atomic E-state index is -1.52. The number of carboxylic acids is 1. The smallest absolute Gasteiger partial charge is 0.413 e. The number of aromatic nitrogens is 1. The van der Waals surface area contributed by atoms with Gasteiger partial charge < -0.3 is 31.1 Å². The van der Waals surface area contributed by atoms with Gasteiger partial charge in [-0.2, -0.15) is 0 Å². The van der Waals surface area contributed by atoms with Crippen LogP contribution in [0.15, 0.2) is 54.7 Å². The summed E-state index contributed by atoms with van der Waals surface area (Å²) in [5.41, 5.74) is 1.72. The van der Waals surface area contributed by atoms with E-state index in [4.69, 9.17) is 27.9 Å². The number of hydrogen-bond donors (Lipinski definition) is 6. The molecule has 2 aromatic carbocycles. The molecular formula is C32H34Cl2N6O7. The largest absolute Gasteiger partial charge is 0.480 e. The van der Waals surface area contributed by atoms with Gasteiger partial charge in [-0.25, -0.2) is 19.4 Å². The molecule has 6 N–H and O–H groups in total. The molecule has 2 atom stereocenters. The van der Waals surface area contributed by atoms with Crippen LogP contribution in [0.25, 0.3) is 0 Å². The molecule has 1 aliphatic rings. The molecule has 0 fully saturated rings. The van der Waals surface area contributed by atoms with Gasteiger partial charge in [0.2, 0.25) is 5.91 Å². The van der Waals surface area contributed by atoms with Gasteiger partial charge in [0.15, 0.2) is 0 Å². The molecule has 0 unspecified atom stereocenters.